The summed E-state index contributed by atoms with van der Waals surface area (Å²) in [6.45, 7) is 16.4. The van der Waals surface area contributed by atoms with Crippen molar-refractivity contribution < 1.29 is 9.59 Å². The standard InChI is InChI=1S/C38H38O2S2/c1-23-19-26(21-28(35(23)39)37(3,4)5)33(25-13-10-9-11-14-25)31-16-17-32(42-31)34(30-15-12-18-41-30)27-20-24(2)36(40)29(22-27)38(6,7)8/h9-22H,1-8H3. The molecular weight excluding hydrogens is 553 g/mol. The summed E-state index contributed by atoms with van der Waals surface area (Å²) in [7, 11) is 0. The molecule has 2 heterocycles. The molecule has 2 aliphatic carbocycles. The summed E-state index contributed by atoms with van der Waals surface area (Å²) in [5.41, 5.74) is 8.16. The van der Waals surface area contributed by atoms with E-state index in [9.17, 15) is 9.59 Å². The van der Waals surface area contributed by atoms with Gasteiger partial charge in [-0.1, -0.05) is 77.9 Å². The lowest BCUT2D eigenvalue weighted by Crippen LogP contribution is -2.21. The van der Waals surface area contributed by atoms with Gasteiger partial charge >= 0.3 is 0 Å². The number of ketones is 2. The fourth-order valence-electron chi connectivity index (χ4n) is 5.44. The first-order chi connectivity index (χ1) is 19.8. The second kappa shape index (κ2) is 11.2. The third-order valence-corrected chi connectivity index (χ3v) is 9.68. The monoisotopic (exact) mass is 590 g/mol. The van der Waals surface area contributed by atoms with Crippen LogP contribution in [-0.4, -0.2) is 11.6 Å². The minimum atomic E-state index is -0.267. The molecule has 5 rings (SSSR count). The summed E-state index contributed by atoms with van der Waals surface area (Å²) in [6, 6.07) is 19.1. The van der Waals surface area contributed by atoms with Gasteiger partial charge < -0.3 is 0 Å². The van der Waals surface area contributed by atoms with Crippen molar-refractivity contribution in [2.24, 2.45) is 10.8 Å². The smallest absolute Gasteiger partial charge is 0.185 e. The van der Waals surface area contributed by atoms with Gasteiger partial charge in [-0.2, -0.15) is 0 Å². The molecule has 4 heteroatoms. The Morgan fingerprint density at radius 1 is 0.571 bits per heavy atom. The summed E-state index contributed by atoms with van der Waals surface area (Å²) < 4.78 is 0. The van der Waals surface area contributed by atoms with Crippen LogP contribution in [0.15, 0.2) is 118 Å². The number of hydrogen-bond acceptors (Lipinski definition) is 4. The highest BCUT2D eigenvalue weighted by atomic mass is 32.1. The SMILES string of the molecule is CC1=CC(=C(c2ccccc2)c2ccc(C(=C3C=C(C)C(=O)C(C(C)(C)C)=C3)c3cccs3)s2)C=C(C(C)(C)C)C1=O. The highest BCUT2D eigenvalue weighted by Crippen LogP contribution is 2.44. The lowest BCUT2D eigenvalue weighted by Gasteiger charge is -2.26. The number of allylic oxidation sites excluding steroid dienone is 10. The van der Waals surface area contributed by atoms with Crippen molar-refractivity contribution in [1.29, 1.82) is 0 Å². The van der Waals surface area contributed by atoms with Gasteiger partial charge in [-0.05, 0) is 100 Å². The van der Waals surface area contributed by atoms with Crippen molar-refractivity contribution in [3.63, 3.8) is 0 Å². The van der Waals surface area contributed by atoms with Crippen molar-refractivity contribution in [3.05, 3.63) is 138 Å². The third-order valence-electron chi connectivity index (χ3n) is 7.67. The number of carbonyl (C=O) groups is 2. The van der Waals surface area contributed by atoms with Crippen molar-refractivity contribution in [1.82, 2.24) is 0 Å². The van der Waals surface area contributed by atoms with Gasteiger partial charge in [0.1, 0.15) is 0 Å². The number of Topliss-reactive ketones (excluding diaryl/α,β-unsaturated/α-hetero) is 2. The molecule has 0 saturated carbocycles. The molecule has 0 saturated heterocycles. The van der Waals surface area contributed by atoms with E-state index in [1.54, 1.807) is 22.7 Å². The topological polar surface area (TPSA) is 34.1 Å². The molecule has 0 radical (unpaired) electrons. The van der Waals surface area contributed by atoms with Crippen LogP contribution in [-0.2, 0) is 9.59 Å². The first kappa shape index (κ1) is 29.9. The molecule has 214 valence electrons. The second-order valence-electron chi connectivity index (χ2n) is 13.1. The molecule has 0 atom stereocenters. The minimum absolute atomic E-state index is 0.116. The highest BCUT2D eigenvalue weighted by molar-refractivity contribution is 7.15. The van der Waals surface area contributed by atoms with Crippen LogP contribution < -0.4 is 0 Å². The fourth-order valence-corrected chi connectivity index (χ4v) is 7.49. The van der Waals surface area contributed by atoms with Gasteiger partial charge in [0.25, 0.3) is 0 Å². The van der Waals surface area contributed by atoms with E-state index in [1.165, 1.54) is 4.88 Å². The quantitative estimate of drug-likeness (QED) is 0.303. The van der Waals surface area contributed by atoms with Crippen LogP contribution in [0.3, 0.4) is 0 Å². The maximum atomic E-state index is 13.2. The summed E-state index contributed by atoms with van der Waals surface area (Å²) in [5, 5.41) is 2.10. The molecule has 0 unspecified atom stereocenters. The van der Waals surface area contributed by atoms with Crippen molar-refractivity contribution in [3.8, 4) is 0 Å². The second-order valence-corrected chi connectivity index (χ2v) is 15.1. The van der Waals surface area contributed by atoms with E-state index < -0.39 is 0 Å². The van der Waals surface area contributed by atoms with E-state index in [0.717, 1.165) is 59.9 Å². The van der Waals surface area contributed by atoms with Crippen LogP contribution in [0.2, 0.25) is 0 Å². The Kier molecular flexibility index (Phi) is 8.00. The molecule has 1 aromatic carbocycles. The van der Waals surface area contributed by atoms with Crippen molar-refractivity contribution in [2.75, 3.05) is 0 Å². The Hall–Kier alpha value is -3.60. The van der Waals surface area contributed by atoms with Gasteiger partial charge in [-0.3, -0.25) is 9.59 Å². The van der Waals surface area contributed by atoms with E-state index in [4.69, 9.17) is 0 Å². The van der Waals surface area contributed by atoms with Gasteiger partial charge in [0.05, 0.1) is 0 Å². The summed E-state index contributed by atoms with van der Waals surface area (Å²) >= 11 is 3.47. The molecule has 2 aliphatic rings. The molecular formula is C38H38O2S2. The van der Waals surface area contributed by atoms with Gasteiger partial charge in [-0.15, -0.1) is 22.7 Å². The van der Waals surface area contributed by atoms with E-state index >= 15 is 0 Å². The number of rotatable bonds is 4. The Balaban J connectivity index is 1.76. The number of thiophene rings is 2. The van der Waals surface area contributed by atoms with Crippen LogP contribution >= 0.6 is 22.7 Å². The minimum Gasteiger partial charge on any atom is -0.289 e. The van der Waals surface area contributed by atoms with Crippen LogP contribution in [0.1, 0.15) is 75.6 Å². The van der Waals surface area contributed by atoms with Crippen LogP contribution in [0, 0.1) is 10.8 Å². The molecule has 0 amide bonds. The van der Waals surface area contributed by atoms with Gasteiger partial charge in [0.15, 0.2) is 11.6 Å². The lowest BCUT2D eigenvalue weighted by atomic mass is 9.77. The molecule has 3 aromatic rings. The highest BCUT2D eigenvalue weighted by Gasteiger charge is 2.30. The van der Waals surface area contributed by atoms with E-state index in [0.29, 0.717) is 0 Å². The maximum absolute atomic E-state index is 13.2. The van der Waals surface area contributed by atoms with E-state index in [1.807, 2.05) is 32.1 Å². The van der Waals surface area contributed by atoms with Crippen LogP contribution in [0.5, 0.6) is 0 Å². The Bertz CT molecular complexity index is 1750. The van der Waals surface area contributed by atoms with Gasteiger partial charge in [0, 0.05) is 36.9 Å². The zero-order valence-corrected chi connectivity index (χ0v) is 27.3. The number of carbonyl (C=O) groups excluding carboxylic acids is 2. The first-order valence-electron chi connectivity index (χ1n) is 14.3. The Labute approximate surface area is 258 Å². The normalized spacial score (nSPS) is 18.8. The molecule has 2 nitrogen and oxygen atoms in total. The molecule has 0 N–H and O–H groups in total. The van der Waals surface area contributed by atoms with Crippen molar-refractivity contribution >= 4 is 45.4 Å². The van der Waals surface area contributed by atoms with E-state index in [-0.39, 0.29) is 22.4 Å². The zero-order chi connectivity index (χ0) is 30.4. The Morgan fingerprint density at radius 3 is 1.55 bits per heavy atom. The van der Waals surface area contributed by atoms with Crippen LogP contribution in [0.25, 0.3) is 11.1 Å². The molecule has 0 fully saturated rings. The molecule has 42 heavy (non-hydrogen) atoms. The first-order valence-corrected chi connectivity index (χ1v) is 16.0. The molecule has 0 spiro atoms. The number of benzene rings is 1. The summed E-state index contributed by atoms with van der Waals surface area (Å²) in [6.07, 6.45) is 8.26. The molecule has 0 aliphatic heterocycles. The third kappa shape index (κ3) is 5.84. The van der Waals surface area contributed by atoms with Gasteiger partial charge in [0.2, 0.25) is 0 Å². The Morgan fingerprint density at radius 2 is 1.07 bits per heavy atom. The van der Waals surface area contributed by atoms with E-state index in [2.05, 4.69) is 108 Å². The largest absolute Gasteiger partial charge is 0.289 e. The summed E-state index contributed by atoms with van der Waals surface area (Å²) in [4.78, 5) is 29.8. The van der Waals surface area contributed by atoms with Crippen molar-refractivity contribution in [2.45, 2.75) is 55.4 Å². The average molecular weight is 591 g/mol. The zero-order valence-electron chi connectivity index (χ0n) is 25.7. The maximum Gasteiger partial charge on any atom is 0.185 e. The fraction of sp³-hybridized carbons (Fsp3) is 0.263. The predicted molar refractivity (Wildman–Crippen MR) is 180 cm³/mol. The average Bonchev–Trinajstić information content (AvgIpc) is 3.61. The molecule has 2 aromatic heterocycles. The van der Waals surface area contributed by atoms with Crippen LogP contribution in [0.4, 0.5) is 0 Å². The molecule has 0 bridgehead atoms. The number of hydrogen-bond donors (Lipinski definition) is 0. The van der Waals surface area contributed by atoms with Gasteiger partial charge in [-0.25, -0.2) is 0 Å². The summed E-state index contributed by atoms with van der Waals surface area (Å²) in [5.74, 6) is 0.237. The lowest BCUT2D eigenvalue weighted by molar-refractivity contribution is -0.113. The predicted octanol–water partition coefficient (Wildman–Crippen LogP) is 10.4.